The van der Waals surface area contributed by atoms with Crippen molar-refractivity contribution in [1.82, 2.24) is 19.7 Å². The van der Waals surface area contributed by atoms with Gasteiger partial charge >= 0.3 is 6.36 Å². The number of aryl methyl sites for hydroxylation is 4. The number of thioether (sulfide) groups is 1. The van der Waals surface area contributed by atoms with E-state index in [1.54, 1.807) is 31.2 Å². The van der Waals surface area contributed by atoms with Crippen LogP contribution in [0.25, 0.3) is 10.8 Å². The third-order valence-corrected chi connectivity index (χ3v) is 22.1. The third-order valence-electron chi connectivity index (χ3n) is 19.3. The minimum atomic E-state index is -4.62. The van der Waals surface area contributed by atoms with Gasteiger partial charge in [0, 0.05) is 47.8 Å². The number of hydrogen-bond acceptors (Lipinski definition) is 9. The van der Waals surface area contributed by atoms with Gasteiger partial charge in [-0.25, -0.2) is 8.42 Å². The van der Waals surface area contributed by atoms with Crippen LogP contribution in [0, 0.1) is 39.0 Å². The highest BCUT2D eigenvalue weighted by atomic mass is 32.2. The average Bonchev–Trinajstić information content (AvgIpc) is 0.982. The van der Waals surface area contributed by atoms with Gasteiger partial charge in [-0.1, -0.05) is 333 Å². The van der Waals surface area contributed by atoms with Crippen LogP contribution in [0.1, 0.15) is 295 Å². The lowest BCUT2D eigenvalue weighted by molar-refractivity contribution is -0.275. The Kier molecular flexibility index (Phi) is 47.1. The molecule has 0 N–H and O–H groups in total. The zero-order valence-electron chi connectivity index (χ0n) is 76.8. The van der Waals surface area contributed by atoms with Crippen molar-refractivity contribution in [1.29, 1.82) is 5.26 Å². The number of nitriles is 1. The Bertz CT molecular complexity index is 5020. The largest absolute Gasteiger partial charge is 0.573 e. The van der Waals surface area contributed by atoms with E-state index in [-0.39, 0.29) is 23.3 Å². The van der Waals surface area contributed by atoms with E-state index in [1.807, 2.05) is 179 Å². The predicted octanol–water partition coefficient (Wildman–Crippen LogP) is 31.5. The van der Waals surface area contributed by atoms with E-state index in [0.717, 1.165) is 33.9 Å². The van der Waals surface area contributed by atoms with Crippen molar-refractivity contribution < 1.29 is 31.1 Å². The van der Waals surface area contributed by atoms with Crippen LogP contribution < -0.4 is 9.47 Å². The second-order valence-electron chi connectivity index (χ2n) is 32.5. The van der Waals surface area contributed by atoms with Crippen LogP contribution in [0.15, 0.2) is 271 Å². The number of pyridine rings is 2. The average molecular weight is 1670 g/mol. The number of fused-ring (bicyclic) bond motifs is 1. The number of sulfone groups is 1. The second kappa shape index (κ2) is 54.3. The molecular weight excluding hydrogens is 1530 g/mol. The molecule has 12 rings (SSSR count). The third kappa shape index (κ3) is 37.7. The van der Waals surface area contributed by atoms with E-state index in [2.05, 4.69) is 268 Å². The van der Waals surface area contributed by atoms with Crippen molar-refractivity contribution in [3.8, 4) is 23.3 Å². The maximum atomic E-state index is 12.0. The van der Waals surface area contributed by atoms with E-state index >= 15 is 0 Å². The van der Waals surface area contributed by atoms with Gasteiger partial charge in [0.2, 0.25) is 0 Å². The summed E-state index contributed by atoms with van der Waals surface area (Å²) in [6, 6.07) is 79.9. The molecule has 0 unspecified atom stereocenters. The first-order valence-electron chi connectivity index (χ1n) is 42.2. The van der Waals surface area contributed by atoms with Crippen LogP contribution in [0.2, 0.25) is 0 Å². The highest BCUT2D eigenvalue weighted by Crippen LogP contribution is 2.34. The molecule has 14 heteroatoms. The molecule has 9 nitrogen and oxygen atoms in total. The fourth-order valence-corrected chi connectivity index (χ4v) is 14.8. The number of para-hydroxylation sites is 3. The fourth-order valence-electron chi connectivity index (χ4n) is 12.6. The van der Waals surface area contributed by atoms with Crippen molar-refractivity contribution in [3.05, 3.63) is 345 Å². The topological polar surface area (TPSA) is 120 Å². The number of alkyl halides is 3. The molecule has 9 aromatic carbocycles. The normalized spacial score (nSPS) is 10.8. The Morgan fingerprint density at radius 3 is 1.37 bits per heavy atom. The summed E-state index contributed by atoms with van der Waals surface area (Å²) in [6.07, 6.45) is 2.75. The van der Waals surface area contributed by atoms with Crippen LogP contribution in [-0.2, 0) is 16.9 Å². The molecule has 0 saturated carbocycles. The van der Waals surface area contributed by atoms with Gasteiger partial charge in [0.25, 0.3) is 0 Å². The lowest BCUT2D eigenvalue weighted by atomic mass is 9.95. The van der Waals surface area contributed by atoms with Crippen molar-refractivity contribution in [2.24, 2.45) is 7.05 Å². The Labute approximate surface area is 726 Å². The minimum absolute atomic E-state index is 0.00792. The number of nitrogens with zero attached hydrogens (tertiary/aromatic N) is 5. The Morgan fingerprint density at radius 2 is 0.908 bits per heavy atom. The molecule has 0 fully saturated rings. The minimum Gasteiger partial charge on any atom is -0.457 e. The molecule has 0 aliphatic heterocycles. The maximum Gasteiger partial charge on any atom is 0.573 e. The van der Waals surface area contributed by atoms with Crippen LogP contribution in [-0.4, -0.2) is 46.0 Å². The van der Waals surface area contributed by atoms with Gasteiger partial charge in [0.1, 0.15) is 17.2 Å². The summed E-state index contributed by atoms with van der Waals surface area (Å²) in [4.78, 5) is 10.3. The Balaban J connectivity index is 0.000000346. The van der Waals surface area contributed by atoms with Crippen molar-refractivity contribution in [3.63, 3.8) is 0 Å². The zero-order chi connectivity index (χ0) is 89.8. The molecule has 0 amide bonds. The van der Waals surface area contributed by atoms with E-state index in [9.17, 15) is 21.6 Å². The van der Waals surface area contributed by atoms with Gasteiger partial charge in [-0.05, 0) is 220 Å². The lowest BCUT2D eigenvalue weighted by Gasteiger charge is -2.14. The van der Waals surface area contributed by atoms with E-state index in [1.165, 1.54) is 89.3 Å². The standard InChI is InChI=1S/C15H16O.C12H13N.C11H16O2S.C11H16S.2C11H16.C10H11F3O.C10H11N.C8H11N.C7H12N2/c1-12(2)14-10-6-7-11-15(14)16-13-8-4-3-5-9-13;1-9(2)12-11-6-4-3-5-10(11)7-8-13-12;1-4-14(12,13)11-8-6-5-7-10(11)9(2)3;1-4-12-11-8-6-5-7-10(11)9(2)3;1-8(2)11-6-9(3)5-10(4)7-11;1-8(2)11-7-5-6-9(3)10(11)4;1-7(2)8-5-3-4-6-9(8)14-10(11,12)13;1-8(2)10-6-4-3-5-9(10)7-11;1-7(2)8-3-5-9-6-4-8;1-6(2)7-4-5-8-9(7)3/h3-12H,1-2H3;3-9H,1-2H3;5-9H,4H2,1-3H3;5-9H,4H2,1-3H3;2*5-8H,1-4H3;3-7H,1-2H3;3-6,8H,1-2H3;3-7H,1-2H3;4-6H,1-3H3. The Hall–Kier alpha value is -10.1. The van der Waals surface area contributed by atoms with E-state index in [0.29, 0.717) is 57.8 Å². The highest BCUT2D eigenvalue weighted by Gasteiger charge is 2.32. The molecule has 0 aliphatic rings. The van der Waals surface area contributed by atoms with Gasteiger partial charge in [0.05, 0.1) is 28.0 Å². The monoisotopic (exact) mass is 1670 g/mol. The van der Waals surface area contributed by atoms with Crippen molar-refractivity contribution >= 4 is 32.4 Å². The van der Waals surface area contributed by atoms with E-state index in [4.69, 9.17) is 10.00 Å². The lowest BCUT2D eigenvalue weighted by Crippen LogP contribution is -2.18. The number of halogens is 3. The first-order chi connectivity index (χ1) is 56.7. The first kappa shape index (κ1) is 104. The summed E-state index contributed by atoms with van der Waals surface area (Å²) in [5, 5.41) is 15.3. The van der Waals surface area contributed by atoms with Crippen LogP contribution in [0.4, 0.5) is 13.2 Å². The summed E-state index contributed by atoms with van der Waals surface area (Å²) >= 11 is 1.93. The molecule has 0 atom stereocenters. The smallest absolute Gasteiger partial charge is 0.457 e. The van der Waals surface area contributed by atoms with Gasteiger partial charge < -0.3 is 9.47 Å². The molecule has 3 heterocycles. The number of ether oxygens (including phenoxy) is 2. The number of benzene rings is 9. The molecule has 644 valence electrons. The first-order valence-corrected chi connectivity index (χ1v) is 44.9. The molecule has 0 radical (unpaired) electrons. The van der Waals surface area contributed by atoms with Crippen LogP contribution in [0.5, 0.6) is 17.2 Å². The highest BCUT2D eigenvalue weighted by molar-refractivity contribution is 7.99. The number of hydrogen-bond donors (Lipinski definition) is 0. The molecule has 3 aromatic heterocycles. The molecule has 0 spiro atoms. The summed E-state index contributed by atoms with van der Waals surface area (Å²) in [6.45, 7) is 55.2. The zero-order valence-corrected chi connectivity index (χ0v) is 78.5. The summed E-state index contributed by atoms with van der Waals surface area (Å²) in [5.41, 5.74) is 18.5. The SMILES string of the molecule is CC(C)c1ccccc1C#N.CC(C)c1ccccc1OC(F)(F)F.CC(C)c1ccccc1Oc1ccccc1.CC(C)c1ccncc1.CC(C)c1ccnn1C.CC(C)c1nccc2ccccc12.CCS(=O)(=O)c1ccccc1C(C)C.CCSc1ccccc1C(C)C.Cc1cc(C)cc(C(C)C)c1.Cc1cccc(C(C)C)c1C. The number of aromatic nitrogens is 4. The van der Waals surface area contributed by atoms with E-state index < -0.39 is 16.2 Å². The fraction of sp³-hybridized carbons (Fsp3) is 0.377. The molecule has 12 aromatic rings. The van der Waals surface area contributed by atoms with Crippen LogP contribution in [0.3, 0.4) is 0 Å². The predicted molar refractivity (Wildman–Crippen MR) is 506 cm³/mol. The van der Waals surface area contributed by atoms with Crippen LogP contribution >= 0.6 is 11.8 Å². The molecule has 0 bridgehead atoms. The molecule has 0 aliphatic carbocycles. The van der Waals surface area contributed by atoms with Gasteiger partial charge in [-0.2, -0.15) is 10.4 Å². The maximum absolute atomic E-state index is 12.0. The quantitative estimate of drug-likeness (QED) is 0.0821. The van der Waals surface area contributed by atoms with Crippen molar-refractivity contribution in [2.75, 3.05) is 11.5 Å². The number of rotatable bonds is 17. The second-order valence-corrected chi connectivity index (χ2v) is 36.0. The molecule has 0 saturated heterocycles. The summed E-state index contributed by atoms with van der Waals surface area (Å²) in [5.74, 6) is 7.82. The molecule has 120 heavy (non-hydrogen) atoms. The van der Waals surface area contributed by atoms with Crippen molar-refractivity contribution in [2.45, 2.75) is 255 Å². The summed E-state index contributed by atoms with van der Waals surface area (Å²) in [7, 11) is -1.11. The molecular formula is C106H138F3N5O4S2. The van der Waals surface area contributed by atoms with Gasteiger partial charge in [0.15, 0.2) is 9.84 Å². The van der Waals surface area contributed by atoms with Gasteiger partial charge in [-0.3, -0.25) is 14.6 Å². The van der Waals surface area contributed by atoms with Gasteiger partial charge in [-0.15, -0.1) is 24.9 Å². The Morgan fingerprint density at radius 1 is 0.442 bits per heavy atom. The summed E-state index contributed by atoms with van der Waals surface area (Å²) < 4.78 is 71.0.